The zero-order chi connectivity index (χ0) is 5.15. The fourth-order valence-electron chi connectivity index (χ4n) is 0. The largest absolute Gasteiger partial charge is 0.287 e. The second-order valence-corrected chi connectivity index (χ2v) is 1.92. The van der Waals surface area contributed by atoms with Gasteiger partial charge in [-0.15, -0.1) is 12.6 Å². The molecule has 0 aliphatic heterocycles. The summed E-state index contributed by atoms with van der Waals surface area (Å²) in [7, 11) is 1.41. The van der Waals surface area contributed by atoms with E-state index in [0.29, 0.717) is 0 Å². The minimum Gasteiger partial charge on any atom is -0.287 e. The zero-order valence-electron chi connectivity index (χ0n) is 3.25. The van der Waals surface area contributed by atoms with Crippen LogP contribution in [0.5, 0.6) is 0 Å². The molecule has 0 radical (unpaired) electrons. The maximum atomic E-state index is 8.25. The van der Waals surface area contributed by atoms with E-state index in [4.69, 9.17) is 5.21 Å². The van der Waals surface area contributed by atoms with Crippen LogP contribution in [-0.4, -0.2) is 21.6 Å². The number of hydrogen-bond donors (Lipinski definition) is 2. The second-order valence-electron chi connectivity index (χ2n) is 0.806. The van der Waals surface area contributed by atoms with Crippen molar-refractivity contribution < 1.29 is 5.21 Å². The molecule has 0 unspecified atom stereocenters. The van der Waals surface area contributed by atoms with Gasteiger partial charge >= 0.3 is 0 Å². The first kappa shape index (κ1) is 6.20. The van der Waals surface area contributed by atoms with Crippen molar-refractivity contribution in [1.82, 2.24) is 5.06 Å². The molecule has 0 saturated heterocycles. The summed E-state index contributed by atoms with van der Waals surface area (Å²) in [4.78, 5) is 0. The molecule has 0 aliphatic carbocycles. The van der Waals surface area contributed by atoms with Crippen LogP contribution in [0.3, 0.4) is 0 Å². The molecular formula is C2H5NOS2. The predicted molar refractivity (Wildman–Crippen MR) is 31.1 cm³/mol. The Bertz CT molecular complexity index is 62.6. The molecule has 0 bridgehead atoms. The van der Waals surface area contributed by atoms with E-state index >= 15 is 0 Å². The van der Waals surface area contributed by atoms with E-state index < -0.39 is 0 Å². The Morgan fingerprint density at radius 1 is 2.00 bits per heavy atom. The molecule has 0 spiro atoms. The molecule has 4 heteroatoms. The molecular weight excluding hydrogens is 118 g/mol. The monoisotopic (exact) mass is 123 g/mol. The van der Waals surface area contributed by atoms with E-state index in [1.54, 1.807) is 0 Å². The molecule has 0 saturated carbocycles. The van der Waals surface area contributed by atoms with Gasteiger partial charge in [-0.2, -0.15) is 0 Å². The van der Waals surface area contributed by atoms with Gasteiger partial charge in [0.1, 0.15) is 0 Å². The van der Waals surface area contributed by atoms with Crippen molar-refractivity contribution in [3.05, 3.63) is 0 Å². The minimum atomic E-state index is 0.176. The summed E-state index contributed by atoms with van der Waals surface area (Å²) in [6.07, 6.45) is 0. The number of hydrogen-bond acceptors (Lipinski definition) is 2. The highest BCUT2D eigenvalue weighted by atomic mass is 32.1. The molecule has 0 fully saturated rings. The molecule has 0 aromatic heterocycles. The SMILES string of the molecule is CN(O)C(=S)S. The van der Waals surface area contributed by atoms with Gasteiger partial charge in [-0.25, -0.2) is 5.06 Å². The summed E-state index contributed by atoms with van der Waals surface area (Å²) in [5.41, 5.74) is 0. The summed E-state index contributed by atoms with van der Waals surface area (Å²) in [5.74, 6) is 0. The molecule has 0 heterocycles. The fourth-order valence-corrected chi connectivity index (χ4v) is 0. The third-order valence-corrected chi connectivity index (χ3v) is 0.830. The summed E-state index contributed by atoms with van der Waals surface area (Å²) < 4.78 is 0.176. The maximum absolute atomic E-state index is 8.25. The molecule has 0 aromatic rings. The summed E-state index contributed by atoms with van der Waals surface area (Å²) in [6.45, 7) is 0. The van der Waals surface area contributed by atoms with Gasteiger partial charge in [0.15, 0.2) is 4.32 Å². The first-order chi connectivity index (χ1) is 2.64. The lowest BCUT2D eigenvalue weighted by molar-refractivity contribution is 0.0206. The van der Waals surface area contributed by atoms with Crippen molar-refractivity contribution in [3.8, 4) is 0 Å². The predicted octanol–water partition coefficient (Wildman–Crippen LogP) is 0.522. The van der Waals surface area contributed by atoms with E-state index in [9.17, 15) is 0 Å². The van der Waals surface area contributed by atoms with Gasteiger partial charge < -0.3 is 0 Å². The van der Waals surface area contributed by atoms with Crippen LogP contribution in [0.2, 0.25) is 0 Å². The average Bonchev–Trinajstić information content (AvgIpc) is 1.36. The lowest BCUT2D eigenvalue weighted by Crippen LogP contribution is -2.13. The normalized spacial score (nSPS) is 7.83. The van der Waals surface area contributed by atoms with Gasteiger partial charge in [-0.1, -0.05) is 12.2 Å². The van der Waals surface area contributed by atoms with Gasteiger partial charge in [-0.05, 0) is 0 Å². The highest BCUT2D eigenvalue weighted by Gasteiger charge is 1.86. The standard InChI is InChI=1S/C2H5NOS2/c1-3(4)2(5)6/h4H,1H3,(H,5,6). The van der Waals surface area contributed by atoms with Crippen molar-refractivity contribution in [2.75, 3.05) is 7.05 Å². The first-order valence-electron chi connectivity index (χ1n) is 1.30. The van der Waals surface area contributed by atoms with Crippen LogP contribution in [0.4, 0.5) is 0 Å². The van der Waals surface area contributed by atoms with Crippen LogP contribution in [0.1, 0.15) is 0 Å². The van der Waals surface area contributed by atoms with Crippen molar-refractivity contribution in [3.63, 3.8) is 0 Å². The Labute approximate surface area is 47.1 Å². The maximum Gasteiger partial charge on any atom is 0.156 e. The molecule has 0 aliphatic rings. The average molecular weight is 123 g/mol. The van der Waals surface area contributed by atoms with E-state index in [2.05, 4.69) is 24.8 Å². The Morgan fingerprint density at radius 3 is 2.17 bits per heavy atom. The number of hydroxylamine groups is 2. The first-order valence-corrected chi connectivity index (χ1v) is 2.15. The number of thiocarbonyl (C=S) groups is 1. The Hall–Kier alpha value is 0.200. The third-order valence-electron chi connectivity index (χ3n) is 0.277. The summed E-state index contributed by atoms with van der Waals surface area (Å²) in [5, 5.41) is 9.01. The van der Waals surface area contributed by atoms with Gasteiger partial charge in [0.25, 0.3) is 0 Å². The highest BCUT2D eigenvalue weighted by molar-refractivity contribution is 8.10. The van der Waals surface area contributed by atoms with Gasteiger partial charge in [0.2, 0.25) is 0 Å². The molecule has 1 N–H and O–H groups in total. The fraction of sp³-hybridized carbons (Fsp3) is 0.500. The van der Waals surface area contributed by atoms with Gasteiger partial charge in [-0.3, -0.25) is 5.21 Å². The Morgan fingerprint density at radius 2 is 2.17 bits per heavy atom. The molecule has 6 heavy (non-hydrogen) atoms. The zero-order valence-corrected chi connectivity index (χ0v) is 4.96. The number of nitrogens with zero attached hydrogens (tertiary/aromatic N) is 1. The van der Waals surface area contributed by atoms with E-state index in [0.717, 1.165) is 5.06 Å². The van der Waals surface area contributed by atoms with E-state index in [1.165, 1.54) is 7.05 Å². The molecule has 0 rings (SSSR count). The van der Waals surface area contributed by atoms with Crippen LogP contribution < -0.4 is 0 Å². The number of rotatable bonds is 0. The van der Waals surface area contributed by atoms with Gasteiger partial charge in [0.05, 0.1) is 0 Å². The van der Waals surface area contributed by atoms with Crippen LogP contribution in [0, 0.1) is 0 Å². The Kier molecular flexibility index (Phi) is 2.47. The molecule has 36 valence electrons. The lowest BCUT2D eigenvalue weighted by Gasteiger charge is -2.02. The third kappa shape index (κ3) is 2.44. The molecule has 0 atom stereocenters. The Balaban J connectivity index is 3.26. The van der Waals surface area contributed by atoms with Crippen molar-refractivity contribution in [1.29, 1.82) is 0 Å². The summed E-state index contributed by atoms with van der Waals surface area (Å²) >= 11 is 7.96. The van der Waals surface area contributed by atoms with Crippen LogP contribution in [-0.2, 0) is 0 Å². The van der Waals surface area contributed by atoms with Crippen molar-refractivity contribution >= 4 is 29.2 Å². The molecule has 0 amide bonds. The molecule has 2 nitrogen and oxygen atoms in total. The van der Waals surface area contributed by atoms with Crippen molar-refractivity contribution in [2.45, 2.75) is 0 Å². The van der Waals surface area contributed by atoms with Crippen LogP contribution >= 0.6 is 24.8 Å². The van der Waals surface area contributed by atoms with E-state index in [-0.39, 0.29) is 4.32 Å². The van der Waals surface area contributed by atoms with Crippen molar-refractivity contribution in [2.24, 2.45) is 0 Å². The van der Waals surface area contributed by atoms with E-state index in [1.807, 2.05) is 0 Å². The van der Waals surface area contributed by atoms with Crippen LogP contribution in [0.15, 0.2) is 0 Å². The van der Waals surface area contributed by atoms with Gasteiger partial charge in [0, 0.05) is 7.05 Å². The highest BCUT2D eigenvalue weighted by Crippen LogP contribution is 1.83. The quantitative estimate of drug-likeness (QED) is 0.279. The smallest absolute Gasteiger partial charge is 0.156 e. The molecule has 0 aromatic carbocycles. The topological polar surface area (TPSA) is 23.5 Å². The second kappa shape index (κ2) is 2.39. The lowest BCUT2D eigenvalue weighted by atomic mass is 11.2. The van der Waals surface area contributed by atoms with Crippen LogP contribution in [0.25, 0.3) is 0 Å². The minimum absolute atomic E-state index is 0.176. The summed E-state index contributed by atoms with van der Waals surface area (Å²) in [6, 6.07) is 0. The number of thiol groups is 1.